The van der Waals surface area contributed by atoms with Gasteiger partial charge in [-0.3, -0.25) is 20.4 Å². The average Bonchev–Trinajstić information content (AvgIpc) is 3.20. The largest absolute Gasteiger partial charge is 0.280 e. The van der Waals surface area contributed by atoms with Crippen molar-refractivity contribution in [3.8, 4) is 0 Å². The van der Waals surface area contributed by atoms with Crippen LogP contribution in [0.2, 0.25) is 0 Å². The Morgan fingerprint density at radius 1 is 1.11 bits per heavy atom. The lowest BCUT2D eigenvalue weighted by Crippen LogP contribution is -2.41. The predicted octanol–water partition coefficient (Wildman–Crippen LogP) is 3.88. The van der Waals surface area contributed by atoms with E-state index in [0.29, 0.717) is 21.5 Å². The standard InChI is InChI=1S/C20H22N4O2S2/c1-9-5-6-14-13(7-9)8-15(27-14)18(25)23-24-19(26)17-10(2)16-11(3)21-12(4)22-20(16)28-17/h8-9H,5-7H2,1-4H3,(H,23,25)(H,24,26). The summed E-state index contributed by atoms with van der Waals surface area (Å²) in [5, 5.41) is 0.909. The molecule has 0 fully saturated rings. The molecule has 1 aliphatic rings. The number of thiophene rings is 2. The molecule has 3 aromatic rings. The zero-order valence-electron chi connectivity index (χ0n) is 16.3. The fourth-order valence-corrected chi connectivity index (χ4v) is 6.02. The smallest absolute Gasteiger partial charge is 0.266 e. The molecule has 3 aromatic heterocycles. The maximum absolute atomic E-state index is 12.6. The van der Waals surface area contributed by atoms with Crippen LogP contribution >= 0.6 is 22.7 Å². The Hall–Kier alpha value is -2.32. The summed E-state index contributed by atoms with van der Waals surface area (Å²) in [4.78, 5) is 37.2. The molecule has 28 heavy (non-hydrogen) atoms. The van der Waals surface area contributed by atoms with Crippen molar-refractivity contribution in [1.82, 2.24) is 20.8 Å². The summed E-state index contributed by atoms with van der Waals surface area (Å²) in [6.07, 6.45) is 3.21. The summed E-state index contributed by atoms with van der Waals surface area (Å²) in [5.74, 6) is 0.734. The molecule has 2 N–H and O–H groups in total. The highest BCUT2D eigenvalue weighted by atomic mass is 32.1. The maximum Gasteiger partial charge on any atom is 0.280 e. The summed E-state index contributed by atoms with van der Waals surface area (Å²) in [6, 6.07) is 1.96. The lowest BCUT2D eigenvalue weighted by molar-refractivity contribution is 0.0851. The van der Waals surface area contributed by atoms with Gasteiger partial charge in [-0.1, -0.05) is 6.92 Å². The minimum absolute atomic E-state index is 0.272. The van der Waals surface area contributed by atoms with Crippen molar-refractivity contribution in [3.05, 3.63) is 43.3 Å². The Labute approximate surface area is 171 Å². The van der Waals surface area contributed by atoms with Gasteiger partial charge in [0.15, 0.2) is 0 Å². The zero-order valence-corrected chi connectivity index (χ0v) is 17.9. The Kier molecular flexibility index (Phi) is 4.93. The third-order valence-corrected chi connectivity index (χ3v) is 7.55. The molecule has 0 bridgehead atoms. The van der Waals surface area contributed by atoms with Crippen molar-refractivity contribution < 1.29 is 9.59 Å². The van der Waals surface area contributed by atoms with Gasteiger partial charge in [-0.05, 0) is 63.1 Å². The molecule has 0 saturated carbocycles. The molecule has 6 nitrogen and oxygen atoms in total. The fourth-order valence-electron chi connectivity index (χ4n) is 3.74. The summed E-state index contributed by atoms with van der Waals surface area (Å²) >= 11 is 2.84. The Morgan fingerprint density at radius 3 is 2.64 bits per heavy atom. The number of hydrazine groups is 1. The number of hydrogen-bond acceptors (Lipinski definition) is 6. The van der Waals surface area contributed by atoms with Gasteiger partial charge in [0, 0.05) is 16.0 Å². The first-order valence-corrected chi connectivity index (χ1v) is 10.9. The lowest BCUT2D eigenvalue weighted by Gasteiger charge is -2.16. The molecule has 4 rings (SSSR count). The van der Waals surface area contributed by atoms with Gasteiger partial charge < -0.3 is 0 Å². The second-order valence-corrected chi connectivity index (χ2v) is 9.54. The number of nitrogens with one attached hydrogen (secondary N) is 2. The van der Waals surface area contributed by atoms with Crippen LogP contribution < -0.4 is 10.9 Å². The van der Waals surface area contributed by atoms with E-state index in [1.807, 2.05) is 26.8 Å². The normalized spacial score (nSPS) is 16.1. The lowest BCUT2D eigenvalue weighted by atomic mass is 9.90. The van der Waals surface area contributed by atoms with Crippen LogP contribution in [0.1, 0.15) is 60.2 Å². The van der Waals surface area contributed by atoms with Crippen LogP contribution in [0.25, 0.3) is 10.2 Å². The third kappa shape index (κ3) is 3.42. The molecule has 1 atom stereocenters. The first kappa shape index (κ1) is 19.0. The Balaban J connectivity index is 1.49. The monoisotopic (exact) mass is 414 g/mol. The second-order valence-electron chi connectivity index (χ2n) is 7.41. The van der Waals surface area contributed by atoms with Gasteiger partial charge in [0.1, 0.15) is 10.7 Å². The van der Waals surface area contributed by atoms with Gasteiger partial charge in [-0.2, -0.15) is 0 Å². The number of carbonyl (C=O) groups is 2. The molecule has 1 unspecified atom stereocenters. The summed E-state index contributed by atoms with van der Waals surface area (Å²) in [5.41, 5.74) is 8.08. The van der Waals surface area contributed by atoms with Crippen molar-refractivity contribution in [2.45, 2.75) is 47.0 Å². The van der Waals surface area contributed by atoms with Gasteiger partial charge >= 0.3 is 0 Å². The number of aryl methyl sites for hydroxylation is 4. The minimum atomic E-state index is -0.333. The molecule has 1 aliphatic carbocycles. The number of aromatic nitrogens is 2. The summed E-state index contributed by atoms with van der Waals surface area (Å²) < 4.78 is 0. The van der Waals surface area contributed by atoms with Crippen LogP contribution in [0.3, 0.4) is 0 Å². The predicted molar refractivity (Wildman–Crippen MR) is 112 cm³/mol. The molecule has 0 aliphatic heterocycles. The first-order valence-electron chi connectivity index (χ1n) is 9.30. The maximum atomic E-state index is 12.6. The van der Waals surface area contributed by atoms with Crippen LogP contribution in [-0.4, -0.2) is 21.8 Å². The molecule has 0 radical (unpaired) electrons. The van der Waals surface area contributed by atoms with Crippen LogP contribution in [0.4, 0.5) is 0 Å². The van der Waals surface area contributed by atoms with E-state index in [9.17, 15) is 9.59 Å². The van der Waals surface area contributed by atoms with E-state index in [1.54, 1.807) is 0 Å². The molecule has 8 heteroatoms. The van der Waals surface area contributed by atoms with Gasteiger partial charge in [-0.15, -0.1) is 22.7 Å². The summed E-state index contributed by atoms with van der Waals surface area (Å²) in [7, 11) is 0. The highest BCUT2D eigenvalue weighted by Gasteiger charge is 2.22. The van der Waals surface area contributed by atoms with Crippen molar-refractivity contribution in [2.24, 2.45) is 5.92 Å². The van der Waals surface area contributed by atoms with Crippen molar-refractivity contribution in [1.29, 1.82) is 0 Å². The number of hydrogen-bond donors (Lipinski definition) is 2. The first-order chi connectivity index (χ1) is 13.3. The number of carbonyl (C=O) groups excluding carboxylic acids is 2. The zero-order chi connectivity index (χ0) is 20.0. The van der Waals surface area contributed by atoms with Crippen molar-refractivity contribution >= 4 is 44.7 Å². The quantitative estimate of drug-likeness (QED) is 0.624. The fraction of sp³-hybridized carbons (Fsp3) is 0.400. The van der Waals surface area contributed by atoms with E-state index in [0.717, 1.165) is 40.7 Å². The number of rotatable bonds is 2. The van der Waals surface area contributed by atoms with Crippen LogP contribution in [-0.2, 0) is 12.8 Å². The second kappa shape index (κ2) is 7.25. The van der Waals surface area contributed by atoms with Crippen LogP contribution in [0.5, 0.6) is 0 Å². The SMILES string of the molecule is Cc1nc(C)c2c(C)c(C(=O)NNC(=O)c3cc4c(s3)CCC(C)C4)sc2n1. The Morgan fingerprint density at radius 2 is 1.86 bits per heavy atom. The van der Waals surface area contributed by atoms with Gasteiger partial charge in [0.25, 0.3) is 11.8 Å². The molecular formula is C20H22N4O2S2. The molecule has 2 amide bonds. The van der Waals surface area contributed by atoms with Crippen molar-refractivity contribution in [2.75, 3.05) is 0 Å². The minimum Gasteiger partial charge on any atom is -0.266 e. The molecule has 146 valence electrons. The van der Waals surface area contributed by atoms with E-state index < -0.39 is 0 Å². The van der Waals surface area contributed by atoms with E-state index in [1.165, 1.54) is 33.1 Å². The molecule has 0 aromatic carbocycles. The van der Waals surface area contributed by atoms with Gasteiger partial charge in [-0.25, -0.2) is 9.97 Å². The van der Waals surface area contributed by atoms with Crippen molar-refractivity contribution in [3.63, 3.8) is 0 Å². The molecule has 0 saturated heterocycles. The van der Waals surface area contributed by atoms with Crippen LogP contribution in [0.15, 0.2) is 6.07 Å². The topological polar surface area (TPSA) is 84.0 Å². The van der Waals surface area contributed by atoms with Gasteiger partial charge in [0.05, 0.1) is 9.75 Å². The molecule has 0 spiro atoms. The third-order valence-electron chi connectivity index (χ3n) is 5.13. The highest BCUT2D eigenvalue weighted by molar-refractivity contribution is 7.20. The van der Waals surface area contributed by atoms with Gasteiger partial charge in [0.2, 0.25) is 0 Å². The molecular weight excluding hydrogens is 392 g/mol. The number of fused-ring (bicyclic) bond motifs is 2. The Bertz CT molecular complexity index is 1100. The van der Waals surface area contributed by atoms with E-state index >= 15 is 0 Å². The average molecular weight is 415 g/mol. The highest BCUT2D eigenvalue weighted by Crippen LogP contribution is 2.32. The summed E-state index contributed by atoms with van der Waals surface area (Å²) in [6.45, 7) is 7.87. The van der Waals surface area contributed by atoms with E-state index in [-0.39, 0.29) is 11.8 Å². The van der Waals surface area contributed by atoms with E-state index in [4.69, 9.17) is 0 Å². The van der Waals surface area contributed by atoms with E-state index in [2.05, 4.69) is 27.7 Å². The number of nitrogens with zero attached hydrogens (tertiary/aromatic N) is 2. The number of amides is 2. The molecule has 3 heterocycles. The van der Waals surface area contributed by atoms with Crippen LogP contribution in [0, 0.1) is 26.7 Å².